The Kier molecular flexibility index (Phi) is 3.19. The van der Waals surface area contributed by atoms with Crippen molar-refractivity contribution in [2.75, 3.05) is 19.6 Å². The number of nitrogens with one attached hydrogen (secondary N) is 1. The number of esters is 2. The molecule has 96 valence electrons. The van der Waals surface area contributed by atoms with Crippen LogP contribution in [0.15, 0.2) is 0 Å². The van der Waals surface area contributed by atoms with Gasteiger partial charge in [-0.1, -0.05) is 6.92 Å². The molecule has 0 aromatic carbocycles. The van der Waals surface area contributed by atoms with Crippen LogP contribution in [0.5, 0.6) is 0 Å². The van der Waals surface area contributed by atoms with Gasteiger partial charge in [-0.25, -0.2) is 4.72 Å². The molecule has 1 N–H and O–H groups in total. The molecule has 0 aromatic heterocycles. The predicted molar refractivity (Wildman–Crippen MR) is 56.9 cm³/mol. The summed E-state index contributed by atoms with van der Waals surface area (Å²) < 4.78 is 31.5. The van der Waals surface area contributed by atoms with Crippen molar-refractivity contribution in [3.05, 3.63) is 0 Å². The molecule has 0 amide bonds. The molecule has 0 aliphatic carbocycles. The summed E-state index contributed by atoms with van der Waals surface area (Å²) in [7, 11) is -3.55. The van der Waals surface area contributed by atoms with Crippen LogP contribution in [0.4, 0.5) is 0 Å². The molecule has 0 saturated carbocycles. The third-order valence-corrected chi connectivity index (χ3v) is 4.71. The Bertz CT molecular complexity index is 446. The molecule has 2 fully saturated rings. The van der Waals surface area contributed by atoms with E-state index >= 15 is 0 Å². The molecule has 2 aliphatic rings. The van der Waals surface area contributed by atoms with Crippen LogP contribution >= 0.6 is 0 Å². The van der Waals surface area contributed by atoms with Gasteiger partial charge >= 0.3 is 11.9 Å². The number of hydrogen-bond donors (Lipinski definition) is 1. The minimum absolute atomic E-state index is 0.0184. The van der Waals surface area contributed by atoms with Crippen molar-refractivity contribution in [1.82, 2.24) is 9.03 Å². The lowest BCUT2D eigenvalue weighted by Crippen LogP contribution is -2.49. The normalized spacial score (nSPS) is 30.2. The Morgan fingerprint density at radius 1 is 1.35 bits per heavy atom. The topological polar surface area (TPSA) is 92.8 Å². The van der Waals surface area contributed by atoms with Crippen molar-refractivity contribution in [2.45, 2.75) is 13.3 Å². The van der Waals surface area contributed by atoms with Gasteiger partial charge in [0.05, 0.1) is 11.8 Å². The third-order valence-electron chi connectivity index (χ3n) is 3.05. The van der Waals surface area contributed by atoms with Crippen molar-refractivity contribution in [3.8, 4) is 0 Å². The number of carbonyl (C=O) groups is 2. The van der Waals surface area contributed by atoms with E-state index in [4.69, 9.17) is 0 Å². The average Bonchev–Trinajstić information content (AvgIpc) is 2.54. The summed E-state index contributed by atoms with van der Waals surface area (Å²) in [4.78, 5) is 22.6. The van der Waals surface area contributed by atoms with E-state index < -0.39 is 34.0 Å². The first-order chi connectivity index (χ1) is 7.95. The minimum atomic E-state index is -3.55. The van der Waals surface area contributed by atoms with E-state index in [2.05, 4.69) is 9.46 Å². The van der Waals surface area contributed by atoms with E-state index in [9.17, 15) is 18.0 Å². The third kappa shape index (κ3) is 2.20. The zero-order valence-electron chi connectivity index (χ0n) is 9.38. The van der Waals surface area contributed by atoms with Crippen LogP contribution in [0, 0.1) is 11.8 Å². The number of cyclic esters (lactones) is 2. The SMILES string of the molecule is CCNS(=O)(=O)N1CCC2C(=O)OC(=O)C2C1. The zero-order valence-corrected chi connectivity index (χ0v) is 10.2. The van der Waals surface area contributed by atoms with Crippen LogP contribution in [-0.4, -0.2) is 44.3 Å². The van der Waals surface area contributed by atoms with E-state index in [0.29, 0.717) is 6.42 Å². The molecular weight excluding hydrogens is 248 g/mol. The lowest BCUT2D eigenvalue weighted by molar-refractivity contribution is -0.153. The summed E-state index contributed by atoms with van der Waals surface area (Å²) in [5, 5.41) is 0. The van der Waals surface area contributed by atoms with Gasteiger partial charge < -0.3 is 4.74 Å². The van der Waals surface area contributed by atoms with Crippen LogP contribution in [0.1, 0.15) is 13.3 Å². The first-order valence-corrected chi connectivity index (χ1v) is 6.90. The fraction of sp³-hybridized carbons (Fsp3) is 0.778. The maximum atomic E-state index is 11.7. The number of nitrogens with zero attached hydrogens (tertiary/aromatic N) is 1. The molecule has 0 radical (unpaired) electrons. The molecule has 2 unspecified atom stereocenters. The monoisotopic (exact) mass is 262 g/mol. The number of rotatable bonds is 3. The highest BCUT2D eigenvalue weighted by atomic mass is 32.2. The lowest BCUT2D eigenvalue weighted by Gasteiger charge is -2.30. The fourth-order valence-corrected chi connectivity index (χ4v) is 3.44. The Hall–Kier alpha value is -0.990. The number of piperidine rings is 1. The Labute approximate surface area is 99.3 Å². The van der Waals surface area contributed by atoms with E-state index in [1.54, 1.807) is 6.92 Å². The molecule has 8 heteroatoms. The summed E-state index contributed by atoms with van der Waals surface area (Å²) in [5.41, 5.74) is 0. The molecule has 0 aromatic rings. The summed E-state index contributed by atoms with van der Waals surface area (Å²) in [5.74, 6) is -2.27. The summed E-state index contributed by atoms with van der Waals surface area (Å²) in [6.45, 7) is 2.22. The second-order valence-corrected chi connectivity index (χ2v) is 5.86. The van der Waals surface area contributed by atoms with Crippen molar-refractivity contribution in [2.24, 2.45) is 11.8 Å². The van der Waals surface area contributed by atoms with Gasteiger partial charge in [0.1, 0.15) is 0 Å². The quantitative estimate of drug-likeness (QED) is 0.513. The molecule has 2 aliphatic heterocycles. The van der Waals surface area contributed by atoms with Gasteiger partial charge in [-0.15, -0.1) is 0 Å². The Morgan fingerprint density at radius 2 is 2.00 bits per heavy atom. The van der Waals surface area contributed by atoms with Crippen LogP contribution in [0.25, 0.3) is 0 Å². The highest BCUT2D eigenvalue weighted by Gasteiger charge is 2.49. The molecular formula is C9H14N2O5S. The van der Waals surface area contributed by atoms with Gasteiger partial charge in [-0.05, 0) is 6.42 Å². The van der Waals surface area contributed by atoms with Crippen molar-refractivity contribution >= 4 is 22.1 Å². The number of ether oxygens (including phenoxy) is 1. The first-order valence-electron chi connectivity index (χ1n) is 5.46. The zero-order chi connectivity index (χ0) is 12.6. The summed E-state index contributed by atoms with van der Waals surface area (Å²) in [6, 6.07) is 0. The van der Waals surface area contributed by atoms with E-state index in [-0.39, 0.29) is 19.6 Å². The van der Waals surface area contributed by atoms with Gasteiger partial charge in [0.2, 0.25) is 0 Å². The maximum absolute atomic E-state index is 11.7. The summed E-state index contributed by atoms with van der Waals surface area (Å²) >= 11 is 0. The molecule has 2 heterocycles. The molecule has 17 heavy (non-hydrogen) atoms. The van der Waals surface area contributed by atoms with E-state index in [0.717, 1.165) is 0 Å². The fourth-order valence-electron chi connectivity index (χ4n) is 2.19. The number of hydrogen-bond acceptors (Lipinski definition) is 5. The van der Waals surface area contributed by atoms with E-state index in [1.807, 2.05) is 0 Å². The molecule has 2 saturated heterocycles. The summed E-state index contributed by atoms with van der Waals surface area (Å²) in [6.07, 6.45) is 0.333. The smallest absolute Gasteiger partial charge is 0.318 e. The minimum Gasteiger partial charge on any atom is -0.393 e. The van der Waals surface area contributed by atoms with Crippen molar-refractivity contribution < 1.29 is 22.7 Å². The molecule has 0 bridgehead atoms. The van der Waals surface area contributed by atoms with E-state index in [1.165, 1.54) is 4.31 Å². The molecule has 0 spiro atoms. The second-order valence-electron chi connectivity index (χ2n) is 4.10. The van der Waals surface area contributed by atoms with Gasteiger partial charge in [0.25, 0.3) is 10.2 Å². The predicted octanol–water partition coefficient (Wildman–Crippen LogP) is -1.14. The van der Waals surface area contributed by atoms with Gasteiger partial charge in [0, 0.05) is 19.6 Å². The van der Waals surface area contributed by atoms with Crippen LogP contribution in [0.2, 0.25) is 0 Å². The van der Waals surface area contributed by atoms with Crippen molar-refractivity contribution in [1.29, 1.82) is 0 Å². The maximum Gasteiger partial charge on any atom is 0.318 e. The van der Waals surface area contributed by atoms with Crippen LogP contribution in [0.3, 0.4) is 0 Å². The second kappa shape index (κ2) is 4.35. The Balaban J connectivity index is 2.13. The van der Waals surface area contributed by atoms with Gasteiger partial charge in [-0.2, -0.15) is 12.7 Å². The van der Waals surface area contributed by atoms with Crippen LogP contribution < -0.4 is 4.72 Å². The Morgan fingerprint density at radius 3 is 2.65 bits per heavy atom. The standard InChI is InChI=1S/C9H14N2O5S/c1-2-10-17(14,15)11-4-3-6-7(5-11)9(13)16-8(6)12/h6-7,10H,2-5H2,1H3. The highest BCUT2D eigenvalue weighted by molar-refractivity contribution is 7.87. The lowest BCUT2D eigenvalue weighted by atomic mass is 9.89. The van der Waals surface area contributed by atoms with Gasteiger partial charge in [-0.3, -0.25) is 9.59 Å². The van der Waals surface area contributed by atoms with Gasteiger partial charge in [0.15, 0.2) is 0 Å². The molecule has 7 nitrogen and oxygen atoms in total. The number of fused-ring (bicyclic) bond motifs is 1. The molecule has 2 rings (SSSR count). The number of carbonyl (C=O) groups excluding carboxylic acids is 2. The first kappa shape index (κ1) is 12.5. The molecule has 2 atom stereocenters. The average molecular weight is 262 g/mol. The van der Waals surface area contributed by atoms with Crippen molar-refractivity contribution in [3.63, 3.8) is 0 Å². The van der Waals surface area contributed by atoms with Crippen LogP contribution in [-0.2, 0) is 24.5 Å². The highest BCUT2D eigenvalue weighted by Crippen LogP contribution is 2.32. The largest absolute Gasteiger partial charge is 0.393 e.